The molecule has 0 aromatic carbocycles. The number of nitrogens with one attached hydrogen (secondary N) is 1. The maximum Gasteiger partial charge on any atom is 0.252 e. The number of thiazole rings is 1. The summed E-state index contributed by atoms with van der Waals surface area (Å²) in [6, 6.07) is 11.0. The van der Waals surface area contributed by atoms with Crippen molar-refractivity contribution in [3.63, 3.8) is 0 Å². The van der Waals surface area contributed by atoms with Gasteiger partial charge in [-0.05, 0) is 43.3 Å². The van der Waals surface area contributed by atoms with Crippen LogP contribution in [0.15, 0.2) is 58.4 Å². The molecule has 0 aliphatic carbocycles. The highest BCUT2D eigenvalue weighted by molar-refractivity contribution is 7.91. The van der Waals surface area contributed by atoms with Gasteiger partial charge in [0.15, 0.2) is 11.6 Å². The average Bonchev–Trinajstić information content (AvgIpc) is 3.50. The summed E-state index contributed by atoms with van der Waals surface area (Å²) in [6.45, 7) is 3.82. The lowest BCUT2D eigenvalue weighted by Gasteiger charge is -2.34. The first-order valence-electron chi connectivity index (χ1n) is 10.3. The highest BCUT2D eigenvalue weighted by Gasteiger charge is 2.30. The first-order chi connectivity index (χ1) is 16.0. The minimum atomic E-state index is -3.54. The van der Waals surface area contributed by atoms with Crippen LogP contribution in [0.25, 0.3) is 10.6 Å². The fraction of sp³-hybridized carbons (Fsp3) is 0.238. The number of piperazine rings is 1. The van der Waals surface area contributed by atoms with E-state index in [1.54, 1.807) is 29.8 Å². The molecule has 4 aromatic rings. The average molecular weight is 500 g/mol. The highest BCUT2D eigenvalue weighted by atomic mass is 32.2. The quantitative estimate of drug-likeness (QED) is 0.429. The van der Waals surface area contributed by atoms with Gasteiger partial charge >= 0.3 is 0 Å². The van der Waals surface area contributed by atoms with Crippen LogP contribution in [0.2, 0.25) is 0 Å². The number of aromatic nitrogens is 4. The van der Waals surface area contributed by atoms with Crippen LogP contribution in [-0.2, 0) is 10.0 Å². The van der Waals surface area contributed by atoms with E-state index in [9.17, 15) is 8.42 Å². The molecule has 1 aliphatic heterocycles. The first kappa shape index (κ1) is 21.9. The van der Waals surface area contributed by atoms with Crippen molar-refractivity contribution in [3.8, 4) is 10.6 Å². The van der Waals surface area contributed by atoms with Crippen LogP contribution < -0.4 is 10.2 Å². The number of nitrogens with zero attached hydrogens (tertiary/aromatic N) is 6. The number of hydrogen-bond donors (Lipinski definition) is 1. The molecule has 5 heterocycles. The minimum absolute atomic E-state index is 0.349. The predicted molar refractivity (Wildman–Crippen MR) is 131 cm³/mol. The summed E-state index contributed by atoms with van der Waals surface area (Å²) in [7, 11) is -3.54. The van der Waals surface area contributed by atoms with Crippen molar-refractivity contribution in [3.05, 3.63) is 59.2 Å². The third-order valence-corrected chi connectivity index (χ3v) is 9.44. The molecule has 12 heteroatoms. The first-order valence-corrected chi connectivity index (χ1v) is 13.4. The Bertz CT molecular complexity index is 1330. The van der Waals surface area contributed by atoms with Crippen molar-refractivity contribution in [2.24, 2.45) is 0 Å². The zero-order valence-electron chi connectivity index (χ0n) is 17.7. The Hall–Kier alpha value is -2.93. The van der Waals surface area contributed by atoms with Crippen LogP contribution in [0, 0.1) is 6.92 Å². The van der Waals surface area contributed by atoms with Gasteiger partial charge in [0.1, 0.15) is 4.21 Å². The summed E-state index contributed by atoms with van der Waals surface area (Å²) < 4.78 is 28.2. The largest absolute Gasteiger partial charge is 0.352 e. The Morgan fingerprint density at radius 1 is 1.03 bits per heavy atom. The van der Waals surface area contributed by atoms with Gasteiger partial charge in [-0.25, -0.2) is 13.4 Å². The Balaban J connectivity index is 1.22. The molecule has 1 aliphatic rings. The fourth-order valence-electron chi connectivity index (χ4n) is 3.50. The molecule has 0 spiro atoms. The van der Waals surface area contributed by atoms with E-state index >= 15 is 0 Å². The van der Waals surface area contributed by atoms with Crippen LogP contribution in [0.5, 0.6) is 0 Å². The summed E-state index contributed by atoms with van der Waals surface area (Å²) >= 11 is 2.82. The molecule has 0 atom stereocenters. The molecule has 170 valence electrons. The number of hydrogen-bond acceptors (Lipinski definition) is 10. The molecular formula is C21H21N7O2S3. The third kappa shape index (κ3) is 4.74. The SMILES string of the molecule is Cc1nc(-c2ccc(S(=O)(=O)N3CCN(c4ccc(Nc5cccnc5)nn4)CC3)s2)cs1. The van der Waals surface area contributed by atoms with Gasteiger partial charge in [0.2, 0.25) is 0 Å². The van der Waals surface area contributed by atoms with E-state index in [1.165, 1.54) is 15.6 Å². The lowest BCUT2D eigenvalue weighted by Crippen LogP contribution is -2.48. The van der Waals surface area contributed by atoms with Crippen LogP contribution in [0.4, 0.5) is 17.3 Å². The summed E-state index contributed by atoms with van der Waals surface area (Å²) in [5.41, 5.74) is 1.66. The van der Waals surface area contributed by atoms with E-state index in [0.29, 0.717) is 36.2 Å². The van der Waals surface area contributed by atoms with E-state index in [2.05, 4.69) is 25.5 Å². The molecule has 4 aromatic heterocycles. The normalized spacial score (nSPS) is 15.0. The van der Waals surface area contributed by atoms with Crippen molar-refractivity contribution < 1.29 is 8.42 Å². The Kier molecular flexibility index (Phi) is 6.06. The molecule has 0 unspecified atom stereocenters. The second-order valence-corrected chi connectivity index (χ2v) is 11.7. The van der Waals surface area contributed by atoms with Gasteiger partial charge in [-0.3, -0.25) is 4.98 Å². The Morgan fingerprint density at radius 2 is 1.88 bits per heavy atom. The van der Waals surface area contributed by atoms with Crippen molar-refractivity contribution in [1.29, 1.82) is 0 Å². The van der Waals surface area contributed by atoms with Crippen LogP contribution >= 0.6 is 22.7 Å². The summed E-state index contributed by atoms with van der Waals surface area (Å²) in [5.74, 6) is 1.35. The number of aryl methyl sites for hydroxylation is 1. The second kappa shape index (κ2) is 9.14. The van der Waals surface area contributed by atoms with E-state index in [4.69, 9.17) is 0 Å². The molecule has 0 amide bonds. The standard InChI is InChI=1S/C21H21N7O2S3/c1-15-23-17(14-31-15)18-4-7-21(32-18)33(29,30)28-11-9-27(10-12-28)20-6-5-19(25-26-20)24-16-3-2-8-22-13-16/h2-8,13-14H,9-12H2,1H3,(H,24,25). The van der Waals surface area contributed by atoms with Crippen molar-refractivity contribution in [1.82, 2.24) is 24.5 Å². The predicted octanol–water partition coefficient (Wildman–Crippen LogP) is 3.62. The Morgan fingerprint density at radius 3 is 2.55 bits per heavy atom. The van der Waals surface area contributed by atoms with Gasteiger partial charge in [-0.15, -0.1) is 32.9 Å². The van der Waals surface area contributed by atoms with Crippen molar-refractivity contribution in [2.45, 2.75) is 11.1 Å². The smallest absolute Gasteiger partial charge is 0.252 e. The molecule has 0 saturated carbocycles. The van der Waals surface area contributed by atoms with Crippen LogP contribution in [0.1, 0.15) is 5.01 Å². The number of anilines is 3. The van der Waals surface area contributed by atoms with Crippen LogP contribution in [0.3, 0.4) is 0 Å². The highest BCUT2D eigenvalue weighted by Crippen LogP contribution is 2.33. The number of sulfonamides is 1. The summed E-state index contributed by atoms with van der Waals surface area (Å²) in [6.07, 6.45) is 3.42. The van der Waals surface area contributed by atoms with E-state index in [0.717, 1.165) is 27.1 Å². The van der Waals surface area contributed by atoms with Gasteiger partial charge < -0.3 is 10.2 Å². The van der Waals surface area contributed by atoms with Gasteiger partial charge in [0, 0.05) is 37.8 Å². The zero-order chi connectivity index (χ0) is 22.8. The third-order valence-electron chi connectivity index (χ3n) is 5.19. The lowest BCUT2D eigenvalue weighted by molar-refractivity contribution is 0.384. The summed E-state index contributed by atoms with van der Waals surface area (Å²) in [4.78, 5) is 11.4. The number of pyridine rings is 1. The molecule has 0 bridgehead atoms. The molecule has 0 radical (unpaired) electrons. The molecule has 33 heavy (non-hydrogen) atoms. The van der Waals surface area contributed by atoms with Gasteiger partial charge in [0.05, 0.1) is 27.5 Å². The number of rotatable bonds is 6. The molecule has 9 nitrogen and oxygen atoms in total. The molecule has 5 rings (SSSR count). The van der Waals surface area contributed by atoms with Crippen LogP contribution in [-0.4, -0.2) is 59.1 Å². The topological polar surface area (TPSA) is 104 Å². The molecule has 1 N–H and O–H groups in total. The van der Waals surface area contributed by atoms with E-state index in [-0.39, 0.29) is 0 Å². The molecule has 1 fully saturated rings. The lowest BCUT2D eigenvalue weighted by atomic mass is 10.3. The minimum Gasteiger partial charge on any atom is -0.352 e. The zero-order valence-corrected chi connectivity index (χ0v) is 20.2. The van der Waals surface area contributed by atoms with E-state index in [1.807, 2.05) is 47.5 Å². The molecule has 1 saturated heterocycles. The van der Waals surface area contributed by atoms with Gasteiger partial charge in [0.25, 0.3) is 10.0 Å². The monoisotopic (exact) mass is 499 g/mol. The van der Waals surface area contributed by atoms with Gasteiger partial charge in [-0.1, -0.05) is 0 Å². The molecular weight excluding hydrogens is 478 g/mol. The maximum absolute atomic E-state index is 13.2. The summed E-state index contributed by atoms with van der Waals surface area (Å²) in [5, 5.41) is 14.6. The van der Waals surface area contributed by atoms with Crippen molar-refractivity contribution >= 4 is 50.0 Å². The van der Waals surface area contributed by atoms with Gasteiger partial charge in [-0.2, -0.15) is 4.31 Å². The fourth-order valence-corrected chi connectivity index (χ4v) is 7.03. The second-order valence-electron chi connectivity index (χ2n) is 7.41. The van der Waals surface area contributed by atoms with E-state index < -0.39 is 10.0 Å². The van der Waals surface area contributed by atoms with Crippen molar-refractivity contribution in [2.75, 3.05) is 36.4 Å². The maximum atomic E-state index is 13.2. The number of thiophene rings is 1. The Labute approximate surface area is 199 Å².